The number of benzene rings is 2. The number of carbonyl (C=O) groups excluding carboxylic acids is 1. The van der Waals surface area contributed by atoms with Crippen LogP contribution in [0.3, 0.4) is 0 Å². The van der Waals surface area contributed by atoms with Crippen LogP contribution in [0.5, 0.6) is 0 Å². The molecule has 6 heteroatoms. The van der Waals surface area contributed by atoms with Crippen molar-refractivity contribution >= 4 is 17.7 Å². The van der Waals surface area contributed by atoms with E-state index in [1.807, 2.05) is 12.1 Å². The summed E-state index contributed by atoms with van der Waals surface area (Å²) in [4.78, 5) is 14.5. The van der Waals surface area contributed by atoms with Crippen molar-refractivity contribution in [2.75, 3.05) is 12.3 Å². The van der Waals surface area contributed by atoms with Gasteiger partial charge in [0.1, 0.15) is 5.37 Å². The molecule has 0 radical (unpaired) electrons. The molecule has 2 nitrogen and oxygen atoms in total. The Kier molecular flexibility index (Phi) is 5.30. The Bertz CT molecular complexity index is 825. The van der Waals surface area contributed by atoms with Gasteiger partial charge in [-0.15, -0.1) is 11.8 Å². The lowest BCUT2D eigenvalue weighted by molar-refractivity contribution is -0.138. The van der Waals surface area contributed by atoms with Gasteiger partial charge in [0.15, 0.2) is 0 Å². The molecule has 1 atom stereocenters. The summed E-state index contributed by atoms with van der Waals surface area (Å²) in [6, 6.07) is 12.9. The van der Waals surface area contributed by atoms with Crippen LogP contribution in [0.15, 0.2) is 48.5 Å². The molecule has 0 N–H and O–H groups in total. The topological polar surface area (TPSA) is 20.3 Å². The van der Waals surface area contributed by atoms with Gasteiger partial charge in [-0.25, -0.2) is 0 Å². The predicted molar refractivity (Wildman–Crippen MR) is 103 cm³/mol. The monoisotopic (exact) mass is 393 g/mol. The highest BCUT2D eigenvalue weighted by Crippen LogP contribution is 2.44. The van der Waals surface area contributed by atoms with Crippen LogP contribution in [0.1, 0.15) is 53.2 Å². The van der Waals surface area contributed by atoms with Crippen LogP contribution < -0.4 is 0 Å². The third-order valence-electron chi connectivity index (χ3n) is 4.68. The summed E-state index contributed by atoms with van der Waals surface area (Å²) >= 11 is 1.37. The van der Waals surface area contributed by atoms with Crippen molar-refractivity contribution in [3.8, 4) is 0 Å². The number of alkyl halides is 3. The number of thioether (sulfide) groups is 1. The lowest BCUT2D eigenvalue weighted by Crippen LogP contribution is -2.31. The van der Waals surface area contributed by atoms with Gasteiger partial charge < -0.3 is 4.90 Å². The second-order valence-corrected chi connectivity index (χ2v) is 8.82. The normalized spacial score (nSPS) is 18.0. The van der Waals surface area contributed by atoms with E-state index in [4.69, 9.17) is 0 Å². The van der Waals surface area contributed by atoms with E-state index in [0.717, 1.165) is 11.6 Å². The van der Waals surface area contributed by atoms with Gasteiger partial charge in [-0.05, 0) is 34.7 Å². The van der Waals surface area contributed by atoms with Crippen molar-refractivity contribution < 1.29 is 18.0 Å². The minimum Gasteiger partial charge on any atom is -0.322 e. The zero-order chi connectivity index (χ0) is 19.8. The van der Waals surface area contributed by atoms with Crippen LogP contribution in [0.25, 0.3) is 0 Å². The molecule has 0 saturated carbocycles. The number of halogens is 3. The largest absolute Gasteiger partial charge is 0.416 e. The Morgan fingerprint density at radius 2 is 1.67 bits per heavy atom. The number of hydrogen-bond donors (Lipinski definition) is 0. The molecule has 0 aliphatic carbocycles. The van der Waals surface area contributed by atoms with Gasteiger partial charge in [0.05, 0.1) is 5.56 Å². The summed E-state index contributed by atoms with van der Waals surface area (Å²) < 4.78 is 40.2. The van der Waals surface area contributed by atoms with E-state index in [1.54, 1.807) is 23.1 Å². The van der Waals surface area contributed by atoms with Crippen LogP contribution in [-0.2, 0) is 11.6 Å². The number of amides is 1. The first kappa shape index (κ1) is 19.8. The van der Waals surface area contributed by atoms with Crippen molar-refractivity contribution in [2.24, 2.45) is 0 Å². The minimum absolute atomic E-state index is 0.0285. The highest BCUT2D eigenvalue weighted by atomic mass is 32.2. The van der Waals surface area contributed by atoms with E-state index in [-0.39, 0.29) is 16.9 Å². The quantitative estimate of drug-likeness (QED) is 0.634. The van der Waals surface area contributed by atoms with Gasteiger partial charge in [-0.1, -0.05) is 51.1 Å². The maximum Gasteiger partial charge on any atom is 0.416 e. The fourth-order valence-electron chi connectivity index (χ4n) is 3.18. The van der Waals surface area contributed by atoms with Crippen LogP contribution in [0.4, 0.5) is 13.2 Å². The summed E-state index contributed by atoms with van der Waals surface area (Å²) in [5, 5.41) is -0.627. The Morgan fingerprint density at radius 3 is 2.26 bits per heavy atom. The van der Waals surface area contributed by atoms with E-state index in [0.29, 0.717) is 17.9 Å². The third-order valence-corrected chi connectivity index (χ3v) is 5.92. The smallest absolute Gasteiger partial charge is 0.322 e. The van der Waals surface area contributed by atoms with Crippen LogP contribution in [0, 0.1) is 0 Å². The molecule has 0 spiro atoms. The number of carbonyl (C=O) groups is 1. The lowest BCUT2D eigenvalue weighted by Gasteiger charge is -2.27. The Labute approximate surface area is 161 Å². The average molecular weight is 393 g/mol. The molecule has 1 aliphatic heterocycles. The molecule has 1 amide bonds. The van der Waals surface area contributed by atoms with Crippen molar-refractivity contribution in [3.63, 3.8) is 0 Å². The van der Waals surface area contributed by atoms with Crippen LogP contribution >= 0.6 is 11.8 Å². The summed E-state index contributed by atoms with van der Waals surface area (Å²) in [6.07, 6.45) is -4.44. The molecule has 0 bridgehead atoms. The van der Waals surface area contributed by atoms with E-state index in [2.05, 4.69) is 20.8 Å². The lowest BCUT2D eigenvalue weighted by atomic mass is 9.86. The molecule has 0 aromatic heterocycles. The molecule has 144 valence electrons. The van der Waals surface area contributed by atoms with Gasteiger partial charge in [0.25, 0.3) is 5.91 Å². The summed E-state index contributed by atoms with van der Waals surface area (Å²) in [7, 11) is 0. The zero-order valence-electron chi connectivity index (χ0n) is 15.5. The van der Waals surface area contributed by atoms with Gasteiger partial charge in [-0.3, -0.25) is 4.79 Å². The second kappa shape index (κ2) is 7.23. The summed E-state index contributed by atoms with van der Waals surface area (Å²) in [6.45, 7) is 6.70. The molecule has 27 heavy (non-hydrogen) atoms. The number of rotatable bonds is 2. The molecule has 0 unspecified atom stereocenters. The summed E-state index contributed by atoms with van der Waals surface area (Å²) in [5.74, 6) is 0.380. The molecular weight excluding hydrogens is 371 g/mol. The van der Waals surface area contributed by atoms with Crippen molar-refractivity contribution in [1.29, 1.82) is 0 Å². The second-order valence-electron chi connectivity index (χ2n) is 7.63. The minimum atomic E-state index is -4.44. The van der Waals surface area contributed by atoms with Gasteiger partial charge in [0, 0.05) is 17.9 Å². The Morgan fingerprint density at radius 1 is 1.04 bits per heavy atom. The molecule has 1 saturated heterocycles. The standard InChI is InChI=1S/C21H22F3NOS/c1-20(2,3)15-10-8-14(9-11-15)18(26)25-12-13-27-19(25)16-6-4-5-7-17(16)21(22,23)24/h4-11,19H,12-13H2,1-3H3/t19-/m1/s1. The highest BCUT2D eigenvalue weighted by molar-refractivity contribution is 7.99. The molecule has 2 aromatic rings. The molecule has 1 aliphatic rings. The number of hydrogen-bond acceptors (Lipinski definition) is 2. The Balaban J connectivity index is 1.90. The third kappa shape index (κ3) is 4.15. The van der Waals surface area contributed by atoms with E-state index in [9.17, 15) is 18.0 Å². The van der Waals surface area contributed by atoms with Crippen molar-refractivity contribution in [2.45, 2.75) is 37.7 Å². The molecular formula is C21H22F3NOS. The van der Waals surface area contributed by atoms with Crippen LogP contribution in [0.2, 0.25) is 0 Å². The van der Waals surface area contributed by atoms with E-state index < -0.39 is 17.1 Å². The first-order valence-electron chi connectivity index (χ1n) is 8.78. The fraction of sp³-hybridized carbons (Fsp3) is 0.381. The van der Waals surface area contributed by atoms with E-state index in [1.165, 1.54) is 23.9 Å². The first-order valence-corrected chi connectivity index (χ1v) is 9.83. The Hall–Kier alpha value is -1.95. The fourth-order valence-corrected chi connectivity index (χ4v) is 4.48. The van der Waals surface area contributed by atoms with Gasteiger partial charge in [-0.2, -0.15) is 13.2 Å². The maximum absolute atomic E-state index is 13.4. The highest BCUT2D eigenvalue weighted by Gasteiger charge is 2.39. The van der Waals surface area contributed by atoms with Crippen molar-refractivity contribution in [3.05, 3.63) is 70.8 Å². The van der Waals surface area contributed by atoms with E-state index >= 15 is 0 Å². The predicted octanol–water partition coefficient (Wildman–Crippen LogP) is 5.89. The summed E-state index contributed by atoms with van der Waals surface area (Å²) in [5.41, 5.74) is 1.05. The van der Waals surface area contributed by atoms with Crippen LogP contribution in [-0.4, -0.2) is 23.1 Å². The van der Waals surface area contributed by atoms with Gasteiger partial charge in [0.2, 0.25) is 0 Å². The number of nitrogens with zero attached hydrogens (tertiary/aromatic N) is 1. The SMILES string of the molecule is CC(C)(C)c1ccc(C(=O)N2CCS[C@@H]2c2ccccc2C(F)(F)F)cc1. The molecule has 1 fully saturated rings. The first-order chi connectivity index (χ1) is 12.6. The molecule has 3 rings (SSSR count). The maximum atomic E-state index is 13.4. The van der Waals surface area contributed by atoms with Gasteiger partial charge >= 0.3 is 6.18 Å². The zero-order valence-corrected chi connectivity index (χ0v) is 16.3. The average Bonchev–Trinajstić information content (AvgIpc) is 3.09. The van der Waals surface area contributed by atoms with Crippen molar-refractivity contribution in [1.82, 2.24) is 4.90 Å². The molecule has 2 aromatic carbocycles. The molecule has 1 heterocycles.